The number of allylic oxidation sites excluding steroid dienone is 5. The van der Waals surface area contributed by atoms with Gasteiger partial charge in [0.15, 0.2) is 0 Å². The zero-order valence-electron chi connectivity index (χ0n) is 17.4. The Bertz CT molecular complexity index is 1230. The Morgan fingerprint density at radius 1 is 0.839 bits per heavy atom. The van der Waals surface area contributed by atoms with Crippen molar-refractivity contribution in [3.63, 3.8) is 0 Å². The molecule has 0 fully saturated rings. The van der Waals surface area contributed by atoms with E-state index in [0.29, 0.717) is 0 Å². The minimum absolute atomic E-state index is 0.234. The van der Waals surface area contributed by atoms with Gasteiger partial charge in [-0.15, -0.1) is 0 Å². The maximum Gasteiger partial charge on any atom is 0.138 e. The SMILES string of the molecule is C=C/C(=C\C=C(/C)c1nc(-c2ccc(O)cc2)[nH]c1-c1ccccc1)c1ccccc1. The van der Waals surface area contributed by atoms with Gasteiger partial charge in [-0.05, 0) is 47.9 Å². The fraction of sp³-hybridized carbons (Fsp3) is 0.0357. The molecule has 3 nitrogen and oxygen atoms in total. The molecular weight excluding hydrogens is 380 g/mol. The van der Waals surface area contributed by atoms with Crippen molar-refractivity contribution in [1.82, 2.24) is 9.97 Å². The Balaban J connectivity index is 1.78. The van der Waals surface area contributed by atoms with Gasteiger partial charge in [0.05, 0.1) is 11.4 Å². The lowest BCUT2D eigenvalue weighted by atomic mass is 10.0. The van der Waals surface area contributed by atoms with Crippen LogP contribution in [0.5, 0.6) is 5.75 Å². The van der Waals surface area contributed by atoms with E-state index >= 15 is 0 Å². The van der Waals surface area contributed by atoms with Crippen LogP contribution < -0.4 is 0 Å². The number of aromatic nitrogens is 2. The predicted molar refractivity (Wildman–Crippen MR) is 129 cm³/mol. The molecule has 4 rings (SSSR count). The van der Waals surface area contributed by atoms with Gasteiger partial charge >= 0.3 is 0 Å². The van der Waals surface area contributed by atoms with E-state index in [1.165, 1.54) is 0 Å². The highest BCUT2D eigenvalue weighted by Crippen LogP contribution is 2.31. The van der Waals surface area contributed by atoms with Gasteiger partial charge in [0, 0.05) is 11.1 Å². The summed E-state index contributed by atoms with van der Waals surface area (Å²) in [5, 5.41) is 9.61. The molecule has 4 aromatic rings. The Labute approximate surface area is 182 Å². The first kappa shape index (κ1) is 20.2. The topological polar surface area (TPSA) is 48.9 Å². The van der Waals surface area contributed by atoms with Crippen LogP contribution in [0.25, 0.3) is 33.8 Å². The van der Waals surface area contributed by atoms with E-state index in [9.17, 15) is 5.11 Å². The number of rotatable bonds is 6. The molecule has 0 atom stereocenters. The van der Waals surface area contributed by atoms with Gasteiger partial charge in [-0.1, -0.05) is 85.5 Å². The standard InChI is InChI=1S/C28H24N2O/c1-3-21(22-10-6-4-7-11-22)15-14-20(2)26-27(23-12-8-5-9-13-23)30-28(29-26)24-16-18-25(31)19-17-24/h3-19,31H,1H2,2H3,(H,29,30)/b20-14+,21-15+. The van der Waals surface area contributed by atoms with Crippen molar-refractivity contribution in [2.75, 3.05) is 0 Å². The monoisotopic (exact) mass is 404 g/mol. The van der Waals surface area contributed by atoms with E-state index in [2.05, 4.69) is 54.9 Å². The van der Waals surface area contributed by atoms with Gasteiger partial charge in [0.1, 0.15) is 11.6 Å². The first-order valence-corrected chi connectivity index (χ1v) is 10.2. The summed E-state index contributed by atoms with van der Waals surface area (Å²) in [5.74, 6) is 0.996. The van der Waals surface area contributed by atoms with E-state index in [1.807, 2.05) is 54.6 Å². The summed E-state index contributed by atoms with van der Waals surface area (Å²) in [6, 6.07) is 27.4. The number of nitrogens with zero attached hydrogens (tertiary/aromatic N) is 1. The van der Waals surface area contributed by atoms with Crippen LogP contribution in [0.3, 0.4) is 0 Å². The van der Waals surface area contributed by atoms with Gasteiger partial charge < -0.3 is 10.1 Å². The lowest BCUT2D eigenvalue weighted by molar-refractivity contribution is 0.475. The fourth-order valence-electron chi connectivity index (χ4n) is 3.43. The van der Waals surface area contributed by atoms with Gasteiger partial charge in [-0.25, -0.2) is 4.98 Å². The molecule has 0 amide bonds. The number of aromatic hydroxyl groups is 1. The Hall–Kier alpha value is -4.11. The molecule has 0 saturated heterocycles. The van der Waals surface area contributed by atoms with Crippen LogP contribution in [-0.2, 0) is 0 Å². The number of imidazole rings is 1. The molecule has 2 N–H and O–H groups in total. The fourth-order valence-corrected chi connectivity index (χ4v) is 3.43. The Kier molecular flexibility index (Phi) is 5.95. The molecule has 0 saturated carbocycles. The second-order valence-electron chi connectivity index (χ2n) is 7.26. The number of phenolic OH excluding ortho intramolecular Hbond substituents is 1. The third-order valence-corrected chi connectivity index (χ3v) is 5.12. The molecule has 0 aliphatic heterocycles. The third kappa shape index (κ3) is 4.57. The van der Waals surface area contributed by atoms with Gasteiger partial charge in [-0.3, -0.25) is 0 Å². The molecular formula is C28H24N2O. The van der Waals surface area contributed by atoms with Gasteiger partial charge in [-0.2, -0.15) is 0 Å². The van der Waals surface area contributed by atoms with Crippen molar-refractivity contribution < 1.29 is 5.11 Å². The lowest BCUT2D eigenvalue weighted by Gasteiger charge is -2.04. The van der Waals surface area contributed by atoms with Crippen molar-refractivity contribution in [3.8, 4) is 28.4 Å². The van der Waals surface area contributed by atoms with E-state index in [0.717, 1.165) is 45.0 Å². The van der Waals surface area contributed by atoms with Crippen LogP contribution in [0, 0.1) is 0 Å². The van der Waals surface area contributed by atoms with E-state index in [1.54, 1.807) is 12.1 Å². The summed E-state index contributed by atoms with van der Waals surface area (Å²) in [6.45, 7) is 6.03. The van der Waals surface area contributed by atoms with Crippen LogP contribution >= 0.6 is 0 Å². The molecule has 1 aromatic heterocycles. The number of phenols is 1. The summed E-state index contributed by atoms with van der Waals surface area (Å²) < 4.78 is 0. The maximum absolute atomic E-state index is 9.61. The van der Waals surface area contributed by atoms with Crippen LogP contribution in [0.15, 0.2) is 110 Å². The zero-order chi connectivity index (χ0) is 21.6. The molecule has 0 radical (unpaired) electrons. The van der Waals surface area contributed by atoms with Crippen LogP contribution in [0.2, 0.25) is 0 Å². The van der Waals surface area contributed by atoms with E-state index < -0.39 is 0 Å². The van der Waals surface area contributed by atoms with Crippen molar-refractivity contribution in [1.29, 1.82) is 0 Å². The first-order chi connectivity index (χ1) is 15.2. The molecule has 1 heterocycles. The highest BCUT2D eigenvalue weighted by atomic mass is 16.3. The minimum atomic E-state index is 0.234. The molecule has 0 aliphatic carbocycles. The Morgan fingerprint density at radius 3 is 2.13 bits per heavy atom. The molecule has 0 spiro atoms. The summed E-state index contributed by atoms with van der Waals surface area (Å²) >= 11 is 0. The second-order valence-corrected chi connectivity index (χ2v) is 7.26. The van der Waals surface area contributed by atoms with Crippen molar-refractivity contribution in [2.24, 2.45) is 0 Å². The average Bonchev–Trinajstić information content (AvgIpc) is 3.27. The predicted octanol–water partition coefficient (Wildman–Crippen LogP) is 7.12. The highest BCUT2D eigenvalue weighted by molar-refractivity contribution is 5.82. The number of nitrogens with one attached hydrogen (secondary N) is 1. The number of benzene rings is 3. The lowest BCUT2D eigenvalue weighted by Crippen LogP contribution is -1.86. The van der Waals surface area contributed by atoms with Crippen molar-refractivity contribution >= 4 is 11.1 Å². The maximum atomic E-state index is 9.61. The summed E-state index contributed by atoms with van der Waals surface area (Å²) in [5.41, 5.74) is 7.05. The summed E-state index contributed by atoms with van der Waals surface area (Å²) in [7, 11) is 0. The van der Waals surface area contributed by atoms with Crippen LogP contribution in [0.4, 0.5) is 0 Å². The highest BCUT2D eigenvalue weighted by Gasteiger charge is 2.14. The second kappa shape index (κ2) is 9.14. The molecule has 3 aromatic carbocycles. The van der Waals surface area contributed by atoms with E-state index in [-0.39, 0.29) is 5.75 Å². The smallest absolute Gasteiger partial charge is 0.138 e. The molecule has 31 heavy (non-hydrogen) atoms. The number of hydrogen-bond donors (Lipinski definition) is 2. The number of hydrogen-bond acceptors (Lipinski definition) is 2. The first-order valence-electron chi connectivity index (χ1n) is 10.2. The number of H-pyrrole nitrogens is 1. The van der Waals surface area contributed by atoms with Crippen molar-refractivity contribution in [2.45, 2.75) is 6.92 Å². The average molecular weight is 405 g/mol. The molecule has 3 heteroatoms. The molecule has 0 bridgehead atoms. The van der Waals surface area contributed by atoms with Crippen LogP contribution in [-0.4, -0.2) is 15.1 Å². The van der Waals surface area contributed by atoms with Gasteiger partial charge in [0.25, 0.3) is 0 Å². The summed E-state index contributed by atoms with van der Waals surface area (Å²) in [6.07, 6.45) is 6.01. The Morgan fingerprint density at radius 2 is 1.48 bits per heavy atom. The van der Waals surface area contributed by atoms with Crippen molar-refractivity contribution in [3.05, 3.63) is 121 Å². The van der Waals surface area contributed by atoms with Crippen LogP contribution in [0.1, 0.15) is 18.2 Å². The normalized spacial score (nSPS) is 12.0. The third-order valence-electron chi connectivity index (χ3n) is 5.12. The molecule has 0 unspecified atom stereocenters. The zero-order valence-corrected chi connectivity index (χ0v) is 17.4. The number of aromatic amines is 1. The van der Waals surface area contributed by atoms with E-state index in [4.69, 9.17) is 4.98 Å². The minimum Gasteiger partial charge on any atom is -0.508 e. The molecule has 152 valence electrons. The van der Waals surface area contributed by atoms with Gasteiger partial charge in [0.2, 0.25) is 0 Å². The quantitative estimate of drug-likeness (QED) is 0.336. The largest absolute Gasteiger partial charge is 0.508 e. The molecule has 0 aliphatic rings. The summed E-state index contributed by atoms with van der Waals surface area (Å²) in [4.78, 5) is 8.38.